The van der Waals surface area contributed by atoms with Crippen LogP contribution in [0.25, 0.3) is 0 Å². The number of rotatable bonds is 2. The van der Waals surface area contributed by atoms with E-state index in [1.807, 2.05) is 4.90 Å². The Kier molecular flexibility index (Phi) is 4.80. The molecular weight excluding hydrogens is 244 g/mol. The van der Waals surface area contributed by atoms with E-state index in [4.69, 9.17) is 4.74 Å². The minimum Gasteiger partial charge on any atom is -0.469 e. The van der Waals surface area contributed by atoms with Crippen LogP contribution in [0.1, 0.15) is 32.6 Å². The maximum atomic E-state index is 12.5. The normalized spacial score (nSPS) is 31.9. The van der Waals surface area contributed by atoms with Crippen molar-refractivity contribution < 1.29 is 14.3 Å². The van der Waals surface area contributed by atoms with Crippen LogP contribution in [0.4, 0.5) is 0 Å². The second-order valence-corrected chi connectivity index (χ2v) is 5.72. The molecule has 1 saturated carbocycles. The van der Waals surface area contributed by atoms with Crippen molar-refractivity contribution >= 4 is 11.9 Å². The highest BCUT2D eigenvalue weighted by atomic mass is 16.5. The molecule has 0 aromatic rings. The summed E-state index contributed by atoms with van der Waals surface area (Å²) in [7, 11) is 1.42. The smallest absolute Gasteiger partial charge is 0.308 e. The molecule has 1 heterocycles. The summed E-state index contributed by atoms with van der Waals surface area (Å²) in [5.74, 6) is -0.0238. The predicted octanol–water partition coefficient (Wildman–Crippen LogP) is 0.786. The third-order valence-corrected chi connectivity index (χ3v) is 4.24. The molecule has 108 valence electrons. The van der Waals surface area contributed by atoms with Crippen LogP contribution in [0.2, 0.25) is 0 Å². The monoisotopic (exact) mass is 268 g/mol. The molecule has 1 N–H and O–H groups in total. The summed E-state index contributed by atoms with van der Waals surface area (Å²) in [6.45, 7) is 4.51. The SMILES string of the molecule is COC(=O)C1CCCC(C(=O)N2CCN[C@H](C)C2)C1. The first kappa shape index (κ1) is 14.3. The molecule has 0 aromatic heterocycles. The predicted molar refractivity (Wildman–Crippen MR) is 71.5 cm³/mol. The van der Waals surface area contributed by atoms with Gasteiger partial charge in [-0.1, -0.05) is 6.42 Å². The van der Waals surface area contributed by atoms with Gasteiger partial charge in [-0.15, -0.1) is 0 Å². The van der Waals surface area contributed by atoms with Gasteiger partial charge in [0.25, 0.3) is 0 Å². The Morgan fingerprint density at radius 3 is 2.68 bits per heavy atom. The Labute approximate surface area is 114 Å². The second-order valence-electron chi connectivity index (χ2n) is 5.72. The minimum absolute atomic E-state index is 0.00292. The minimum atomic E-state index is -0.161. The average Bonchev–Trinajstić information content (AvgIpc) is 2.45. The lowest BCUT2D eigenvalue weighted by Crippen LogP contribution is -2.53. The number of methoxy groups -OCH3 is 1. The molecule has 2 aliphatic rings. The van der Waals surface area contributed by atoms with Crippen LogP contribution in [-0.4, -0.2) is 49.6 Å². The van der Waals surface area contributed by atoms with E-state index >= 15 is 0 Å². The van der Waals surface area contributed by atoms with Gasteiger partial charge < -0.3 is 15.0 Å². The number of amides is 1. The van der Waals surface area contributed by atoms with Gasteiger partial charge in [0.1, 0.15) is 0 Å². The molecule has 2 rings (SSSR count). The van der Waals surface area contributed by atoms with Gasteiger partial charge in [-0.25, -0.2) is 0 Å². The van der Waals surface area contributed by atoms with Crippen molar-refractivity contribution in [2.24, 2.45) is 11.8 Å². The van der Waals surface area contributed by atoms with Crippen LogP contribution in [0.5, 0.6) is 0 Å². The van der Waals surface area contributed by atoms with E-state index < -0.39 is 0 Å². The Balaban J connectivity index is 1.93. The van der Waals surface area contributed by atoms with Crippen LogP contribution in [0.3, 0.4) is 0 Å². The highest BCUT2D eigenvalue weighted by molar-refractivity contribution is 5.80. The van der Waals surface area contributed by atoms with Gasteiger partial charge in [0.15, 0.2) is 0 Å². The fraction of sp³-hybridized carbons (Fsp3) is 0.857. The van der Waals surface area contributed by atoms with Gasteiger partial charge >= 0.3 is 5.97 Å². The van der Waals surface area contributed by atoms with Crippen LogP contribution >= 0.6 is 0 Å². The molecule has 1 aliphatic heterocycles. The third kappa shape index (κ3) is 3.47. The van der Waals surface area contributed by atoms with E-state index in [-0.39, 0.29) is 23.7 Å². The van der Waals surface area contributed by atoms with Crippen molar-refractivity contribution in [2.45, 2.75) is 38.6 Å². The van der Waals surface area contributed by atoms with E-state index in [1.54, 1.807) is 0 Å². The van der Waals surface area contributed by atoms with E-state index in [0.29, 0.717) is 12.5 Å². The number of nitrogens with one attached hydrogen (secondary N) is 1. The molecular formula is C14H24N2O3. The van der Waals surface area contributed by atoms with E-state index in [0.717, 1.165) is 38.9 Å². The summed E-state index contributed by atoms with van der Waals surface area (Å²) in [6, 6.07) is 0.359. The zero-order chi connectivity index (χ0) is 13.8. The van der Waals surface area contributed by atoms with E-state index in [1.165, 1.54) is 7.11 Å². The molecule has 1 amide bonds. The highest BCUT2D eigenvalue weighted by Crippen LogP contribution is 2.31. The van der Waals surface area contributed by atoms with Gasteiger partial charge in [0.2, 0.25) is 5.91 Å². The van der Waals surface area contributed by atoms with Crippen LogP contribution in [-0.2, 0) is 14.3 Å². The average molecular weight is 268 g/mol. The largest absolute Gasteiger partial charge is 0.469 e. The summed E-state index contributed by atoms with van der Waals surface area (Å²) in [6.07, 6.45) is 3.36. The molecule has 0 aromatic carbocycles. The number of nitrogens with zero attached hydrogens (tertiary/aromatic N) is 1. The second kappa shape index (κ2) is 6.37. The molecule has 0 radical (unpaired) electrons. The number of ether oxygens (including phenoxy) is 1. The van der Waals surface area contributed by atoms with Crippen molar-refractivity contribution in [1.82, 2.24) is 10.2 Å². The summed E-state index contributed by atoms with van der Waals surface area (Å²) < 4.78 is 4.81. The number of carbonyl (C=O) groups excluding carboxylic acids is 2. The summed E-state index contributed by atoms with van der Waals surface area (Å²) >= 11 is 0. The fourth-order valence-corrected chi connectivity index (χ4v) is 3.19. The number of carbonyl (C=O) groups is 2. The summed E-state index contributed by atoms with van der Waals surface area (Å²) in [5.41, 5.74) is 0. The van der Waals surface area contributed by atoms with Gasteiger partial charge in [0, 0.05) is 31.6 Å². The molecule has 2 fully saturated rings. The molecule has 5 nitrogen and oxygen atoms in total. The Bertz CT molecular complexity index is 346. The van der Waals surface area contributed by atoms with Gasteiger partial charge in [-0.3, -0.25) is 9.59 Å². The van der Waals surface area contributed by atoms with Crippen molar-refractivity contribution in [3.63, 3.8) is 0 Å². The highest BCUT2D eigenvalue weighted by Gasteiger charge is 2.34. The maximum absolute atomic E-state index is 12.5. The Morgan fingerprint density at radius 1 is 1.26 bits per heavy atom. The topological polar surface area (TPSA) is 58.6 Å². The maximum Gasteiger partial charge on any atom is 0.308 e. The number of hydrogen-bond donors (Lipinski definition) is 1. The van der Waals surface area contributed by atoms with Crippen LogP contribution in [0, 0.1) is 11.8 Å². The van der Waals surface area contributed by atoms with Gasteiger partial charge in [-0.05, 0) is 26.2 Å². The molecule has 0 spiro atoms. The van der Waals surface area contributed by atoms with Gasteiger partial charge in [0.05, 0.1) is 13.0 Å². The summed E-state index contributed by atoms with van der Waals surface area (Å²) in [4.78, 5) is 26.1. The Hall–Kier alpha value is -1.10. The van der Waals surface area contributed by atoms with Gasteiger partial charge in [-0.2, -0.15) is 0 Å². The van der Waals surface area contributed by atoms with Crippen LogP contribution < -0.4 is 5.32 Å². The van der Waals surface area contributed by atoms with Crippen molar-refractivity contribution in [1.29, 1.82) is 0 Å². The standard InChI is InChI=1S/C14H24N2O3/c1-10-9-16(7-6-15-10)13(17)11-4-3-5-12(8-11)14(18)19-2/h10-12,15H,3-9H2,1-2H3/t10-,11?,12?/m1/s1. The first-order chi connectivity index (χ1) is 9.11. The van der Waals surface area contributed by atoms with E-state index in [2.05, 4.69) is 12.2 Å². The van der Waals surface area contributed by atoms with Crippen molar-refractivity contribution in [3.05, 3.63) is 0 Å². The van der Waals surface area contributed by atoms with E-state index in [9.17, 15) is 9.59 Å². The van der Waals surface area contributed by atoms with Crippen molar-refractivity contribution in [2.75, 3.05) is 26.7 Å². The lowest BCUT2D eigenvalue weighted by Gasteiger charge is -2.36. The van der Waals surface area contributed by atoms with Crippen LogP contribution in [0.15, 0.2) is 0 Å². The lowest BCUT2D eigenvalue weighted by molar-refractivity contribution is -0.148. The summed E-state index contributed by atoms with van der Waals surface area (Å²) in [5, 5.41) is 3.34. The fourth-order valence-electron chi connectivity index (χ4n) is 3.19. The first-order valence-electron chi connectivity index (χ1n) is 7.21. The van der Waals surface area contributed by atoms with Crippen molar-refractivity contribution in [3.8, 4) is 0 Å². The molecule has 1 saturated heterocycles. The zero-order valence-electron chi connectivity index (χ0n) is 11.9. The molecule has 5 heteroatoms. The number of hydrogen-bond acceptors (Lipinski definition) is 4. The molecule has 19 heavy (non-hydrogen) atoms. The number of piperazine rings is 1. The quantitative estimate of drug-likeness (QED) is 0.752. The first-order valence-corrected chi connectivity index (χ1v) is 7.21. The molecule has 1 aliphatic carbocycles. The zero-order valence-corrected chi connectivity index (χ0v) is 11.9. The Morgan fingerprint density at radius 2 is 2.00 bits per heavy atom. The third-order valence-electron chi connectivity index (χ3n) is 4.24. The molecule has 3 atom stereocenters. The molecule has 0 bridgehead atoms. The lowest BCUT2D eigenvalue weighted by atomic mass is 9.80. The molecule has 2 unspecified atom stereocenters. The number of esters is 1.